The van der Waals surface area contributed by atoms with E-state index in [1.807, 2.05) is 0 Å². The predicted octanol–water partition coefficient (Wildman–Crippen LogP) is 5.40. The van der Waals surface area contributed by atoms with Crippen LogP contribution < -0.4 is 0 Å². The number of rotatable bonds is 9. The third kappa shape index (κ3) is 4.80. The van der Waals surface area contributed by atoms with E-state index < -0.39 is 5.60 Å². The Morgan fingerprint density at radius 1 is 1.05 bits per heavy atom. The molecule has 1 aliphatic carbocycles. The van der Waals surface area contributed by atoms with E-state index >= 15 is 0 Å². The maximum atomic E-state index is 11.0. The van der Waals surface area contributed by atoms with Crippen LogP contribution in [0.3, 0.4) is 0 Å². The molecule has 0 radical (unpaired) electrons. The summed E-state index contributed by atoms with van der Waals surface area (Å²) in [5.41, 5.74) is 0.902. The lowest BCUT2D eigenvalue weighted by Gasteiger charge is -2.38. The molecule has 0 saturated carbocycles. The van der Waals surface area contributed by atoms with E-state index in [2.05, 4.69) is 39.0 Å². The van der Waals surface area contributed by atoms with Crippen LogP contribution in [0.5, 0.6) is 0 Å². The van der Waals surface area contributed by atoms with Gasteiger partial charge in [0.25, 0.3) is 0 Å². The molecule has 0 heterocycles. The lowest BCUT2D eigenvalue weighted by Crippen LogP contribution is -2.38. The summed E-state index contributed by atoms with van der Waals surface area (Å²) in [5.74, 6) is 0.357. The number of hydrogen-bond acceptors (Lipinski definition) is 1. The Hall–Kier alpha value is -0.560. The Morgan fingerprint density at radius 2 is 1.74 bits per heavy atom. The number of hydrogen-bond donors (Lipinski definition) is 1. The Kier molecular flexibility index (Phi) is 7.45. The monoisotopic (exact) mass is 264 g/mol. The smallest absolute Gasteiger partial charge is 0.0895 e. The molecule has 0 fully saturated rings. The molecule has 2 atom stereocenters. The van der Waals surface area contributed by atoms with E-state index in [0.29, 0.717) is 5.92 Å². The maximum absolute atomic E-state index is 11.0. The van der Waals surface area contributed by atoms with Crippen molar-refractivity contribution < 1.29 is 5.11 Å². The molecule has 0 amide bonds. The van der Waals surface area contributed by atoms with Gasteiger partial charge in [0.15, 0.2) is 0 Å². The summed E-state index contributed by atoms with van der Waals surface area (Å²) in [6.45, 7) is 6.67. The fourth-order valence-electron chi connectivity index (χ4n) is 3.09. The van der Waals surface area contributed by atoms with Crippen LogP contribution in [-0.2, 0) is 0 Å². The average molecular weight is 264 g/mol. The Bertz CT molecular complexity index is 303. The summed E-state index contributed by atoms with van der Waals surface area (Å²) in [4.78, 5) is 0. The minimum absolute atomic E-state index is 0.357. The van der Waals surface area contributed by atoms with Crippen molar-refractivity contribution in [3.63, 3.8) is 0 Å². The van der Waals surface area contributed by atoms with Gasteiger partial charge >= 0.3 is 0 Å². The van der Waals surface area contributed by atoms with Crippen LogP contribution in [0.15, 0.2) is 23.8 Å². The van der Waals surface area contributed by atoms with Gasteiger partial charge in [0.05, 0.1) is 5.60 Å². The Morgan fingerprint density at radius 3 is 2.37 bits per heavy atom. The Labute approximate surface area is 119 Å². The van der Waals surface area contributed by atoms with Gasteiger partial charge in [-0.25, -0.2) is 0 Å². The van der Waals surface area contributed by atoms with Gasteiger partial charge in [-0.2, -0.15) is 0 Å². The van der Waals surface area contributed by atoms with Gasteiger partial charge in [-0.1, -0.05) is 76.7 Å². The van der Waals surface area contributed by atoms with Gasteiger partial charge < -0.3 is 5.11 Å². The van der Waals surface area contributed by atoms with Crippen LogP contribution in [0.1, 0.15) is 78.6 Å². The molecular formula is C18H32O. The van der Waals surface area contributed by atoms with E-state index in [0.717, 1.165) is 32.1 Å². The van der Waals surface area contributed by atoms with Crippen molar-refractivity contribution in [3.05, 3.63) is 23.8 Å². The first kappa shape index (κ1) is 16.5. The Balaban J connectivity index is 2.78. The quantitative estimate of drug-likeness (QED) is 0.591. The van der Waals surface area contributed by atoms with Crippen molar-refractivity contribution in [2.24, 2.45) is 5.92 Å². The van der Waals surface area contributed by atoms with Crippen LogP contribution in [0, 0.1) is 5.92 Å². The summed E-state index contributed by atoms with van der Waals surface area (Å²) < 4.78 is 0. The summed E-state index contributed by atoms with van der Waals surface area (Å²) in [5, 5.41) is 11.0. The summed E-state index contributed by atoms with van der Waals surface area (Å²) in [6.07, 6.45) is 16.8. The lowest BCUT2D eigenvalue weighted by molar-refractivity contribution is 0.0251. The minimum Gasteiger partial charge on any atom is -0.385 e. The maximum Gasteiger partial charge on any atom is 0.0895 e. The highest BCUT2D eigenvalue weighted by Crippen LogP contribution is 2.39. The zero-order valence-electron chi connectivity index (χ0n) is 13.1. The highest BCUT2D eigenvalue weighted by molar-refractivity contribution is 5.28. The largest absolute Gasteiger partial charge is 0.385 e. The highest BCUT2D eigenvalue weighted by Gasteiger charge is 2.36. The normalized spacial score (nSPS) is 26.5. The summed E-state index contributed by atoms with van der Waals surface area (Å²) in [7, 11) is 0. The third-order valence-corrected chi connectivity index (χ3v) is 4.34. The van der Waals surface area contributed by atoms with Crippen LogP contribution in [-0.4, -0.2) is 10.7 Å². The standard InChI is InChI=1S/C18H32O/c1-4-7-11-16-12-10-15-18(19,14-9-6-3)17(16)13-8-5-2/h10,12,15,17,19H,4-9,11,13-14H2,1-3H3. The molecule has 0 aliphatic heterocycles. The van der Waals surface area contributed by atoms with Crippen LogP contribution in [0.2, 0.25) is 0 Å². The third-order valence-electron chi connectivity index (χ3n) is 4.34. The molecule has 0 spiro atoms. The molecule has 0 aromatic carbocycles. The van der Waals surface area contributed by atoms with Crippen molar-refractivity contribution in [3.8, 4) is 0 Å². The first-order chi connectivity index (χ1) is 9.18. The number of allylic oxidation sites excluding steroid dienone is 2. The van der Waals surface area contributed by atoms with Crippen molar-refractivity contribution >= 4 is 0 Å². The zero-order chi connectivity index (χ0) is 14.1. The molecule has 0 aromatic heterocycles. The second-order valence-electron chi connectivity index (χ2n) is 5.99. The lowest BCUT2D eigenvalue weighted by atomic mass is 9.72. The SMILES string of the molecule is CCCCC1=CC=CC(O)(CCCC)C1CCCC. The summed E-state index contributed by atoms with van der Waals surface area (Å²) in [6, 6.07) is 0. The molecule has 19 heavy (non-hydrogen) atoms. The van der Waals surface area contributed by atoms with Gasteiger partial charge in [0.2, 0.25) is 0 Å². The van der Waals surface area contributed by atoms with Gasteiger partial charge in [0, 0.05) is 5.92 Å². The molecule has 1 nitrogen and oxygen atoms in total. The topological polar surface area (TPSA) is 20.2 Å². The van der Waals surface area contributed by atoms with Crippen LogP contribution in [0.4, 0.5) is 0 Å². The molecule has 0 saturated heterocycles. The second-order valence-corrected chi connectivity index (χ2v) is 5.99. The molecule has 0 bridgehead atoms. The molecule has 110 valence electrons. The highest BCUT2D eigenvalue weighted by atomic mass is 16.3. The van der Waals surface area contributed by atoms with E-state index in [-0.39, 0.29) is 0 Å². The van der Waals surface area contributed by atoms with Crippen LogP contribution in [0.25, 0.3) is 0 Å². The fraction of sp³-hybridized carbons (Fsp3) is 0.778. The van der Waals surface area contributed by atoms with Gasteiger partial charge in [0.1, 0.15) is 0 Å². The zero-order valence-corrected chi connectivity index (χ0v) is 13.1. The molecule has 1 N–H and O–H groups in total. The molecule has 1 aliphatic rings. The average Bonchev–Trinajstić information content (AvgIpc) is 2.42. The molecular weight excluding hydrogens is 232 g/mol. The van der Waals surface area contributed by atoms with E-state index in [1.165, 1.54) is 31.3 Å². The van der Waals surface area contributed by atoms with Gasteiger partial charge in [-0.3, -0.25) is 0 Å². The molecule has 1 heteroatoms. The minimum atomic E-state index is -0.580. The van der Waals surface area contributed by atoms with Gasteiger partial charge in [-0.05, 0) is 25.7 Å². The van der Waals surface area contributed by atoms with Crippen LogP contribution >= 0.6 is 0 Å². The van der Waals surface area contributed by atoms with Gasteiger partial charge in [-0.15, -0.1) is 0 Å². The van der Waals surface area contributed by atoms with Crippen molar-refractivity contribution in [2.75, 3.05) is 0 Å². The van der Waals surface area contributed by atoms with E-state index in [9.17, 15) is 5.11 Å². The molecule has 2 unspecified atom stereocenters. The fourth-order valence-corrected chi connectivity index (χ4v) is 3.09. The van der Waals surface area contributed by atoms with E-state index in [4.69, 9.17) is 0 Å². The van der Waals surface area contributed by atoms with Crippen molar-refractivity contribution in [2.45, 2.75) is 84.2 Å². The number of unbranched alkanes of at least 4 members (excludes halogenated alkanes) is 3. The van der Waals surface area contributed by atoms with Crippen molar-refractivity contribution in [1.29, 1.82) is 0 Å². The second kappa shape index (κ2) is 8.58. The molecule has 0 aromatic rings. The van der Waals surface area contributed by atoms with E-state index in [1.54, 1.807) is 0 Å². The number of aliphatic hydroxyl groups is 1. The first-order valence-electron chi connectivity index (χ1n) is 8.28. The summed E-state index contributed by atoms with van der Waals surface area (Å²) >= 11 is 0. The molecule has 1 rings (SSSR count). The first-order valence-corrected chi connectivity index (χ1v) is 8.28. The predicted molar refractivity (Wildman–Crippen MR) is 84.2 cm³/mol. The van der Waals surface area contributed by atoms with Crippen molar-refractivity contribution in [1.82, 2.24) is 0 Å².